The van der Waals surface area contributed by atoms with Crippen LogP contribution >= 0.6 is 0 Å². The summed E-state index contributed by atoms with van der Waals surface area (Å²) in [5, 5.41) is 19.7. The van der Waals surface area contributed by atoms with Crippen LogP contribution in [0.15, 0.2) is 87.7 Å². The zero-order chi connectivity index (χ0) is 22.2. The van der Waals surface area contributed by atoms with Gasteiger partial charge in [0.05, 0.1) is 23.5 Å². The molecule has 0 fully saturated rings. The first-order valence-corrected chi connectivity index (χ1v) is 9.89. The van der Waals surface area contributed by atoms with Crippen molar-refractivity contribution in [3.63, 3.8) is 0 Å². The van der Waals surface area contributed by atoms with E-state index in [1.165, 1.54) is 0 Å². The zero-order valence-electron chi connectivity index (χ0n) is 16.8. The molecule has 1 unspecified atom stereocenters. The Labute approximate surface area is 182 Å². The van der Waals surface area contributed by atoms with E-state index in [0.29, 0.717) is 16.5 Å². The van der Waals surface area contributed by atoms with Gasteiger partial charge in [-0.2, -0.15) is 5.26 Å². The van der Waals surface area contributed by atoms with Gasteiger partial charge in [-0.25, -0.2) is 4.79 Å². The van der Waals surface area contributed by atoms with Gasteiger partial charge in [0, 0.05) is 12.4 Å². The Kier molecular flexibility index (Phi) is 4.70. The number of hydrogen-bond acceptors (Lipinski definition) is 7. The highest BCUT2D eigenvalue weighted by molar-refractivity contribution is 5.86. The van der Waals surface area contributed by atoms with Crippen LogP contribution in [0.25, 0.3) is 22.1 Å². The van der Waals surface area contributed by atoms with Crippen LogP contribution in [0.2, 0.25) is 0 Å². The van der Waals surface area contributed by atoms with Crippen LogP contribution in [-0.2, 0) is 6.61 Å². The molecule has 3 N–H and O–H groups in total. The number of benzene rings is 2. The Bertz CT molecular complexity index is 1470. The summed E-state index contributed by atoms with van der Waals surface area (Å²) in [4.78, 5) is 17.2. The molecule has 7 nitrogen and oxygen atoms in total. The van der Waals surface area contributed by atoms with Crippen molar-refractivity contribution in [3.8, 4) is 22.9 Å². The summed E-state index contributed by atoms with van der Waals surface area (Å²) < 4.78 is 11.3. The molecule has 32 heavy (non-hydrogen) atoms. The van der Waals surface area contributed by atoms with Gasteiger partial charge in [-0.15, -0.1) is 0 Å². The predicted octanol–water partition coefficient (Wildman–Crippen LogP) is 3.57. The molecule has 1 atom stereocenters. The molecule has 5 rings (SSSR count). The fourth-order valence-electron chi connectivity index (χ4n) is 3.99. The highest BCUT2D eigenvalue weighted by Gasteiger charge is 2.35. The first-order valence-electron chi connectivity index (χ1n) is 9.89. The van der Waals surface area contributed by atoms with Crippen molar-refractivity contribution in [2.24, 2.45) is 5.73 Å². The third-order valence-electron chi connectivity index (χ3n) is 5.55. The van der Waals surface area contributed by atoms with E-state index in [4.69, 9.17) is 14.9 Å². The quantitative estimate of drug-likeness (QED) is 0.483. The Hall–Kier alpha value is -4.41. The van der Waals surface area contributed by atoms with Gasteiger partial charge in [0.15, 0.2) is 5.75 Å². The summed E-state index contributed by atoms with van der Waals surface area (Å²) >= 11 is 0. The van der Waals surface area contributed by atoms with Crippen LogP contribution in [-0.4, -0.2) is 10.1 Å². The Balaban J connectivity index is 1.70. The Morgan fingerprint density at radius 2 is 1.94 bits per heavy atom. The second kappa shape index (κ2) is 7.69. The fraction of sp³-hybridized carbons (Fsp3) is 0.0800. The van der Waals surface area contributed by atoms with Crippen LogP contribution in [0, 0.1) is 11.3 Å². The molecule has 4 aromatic rings. The average molecular weight is 423 g/mol. The van der Waals surface area contributed by atoms with E-state index in [1.807, 2.05) is 36.4 Å². The molecule has 2 aromatic heterocycles. The predicted molar refractivity (Wildman–Crippen MR) is 117 cm³/mol. The number of allylic oxidation sites excluding steroid dienone is 1. The number of aromatic nitrogens is 1. The van der Waals surface area contributed by atoms with E-state index in [0.717, 1.165) is 11.1 Å². The van der Waals surface area contributed by atoms with E-state index in [1.54, 1.807) is 30.6 Å². The standard InChI is InChI=1S/C25H17N3O4/c26-11-19-21(16-6-4-15(5-7-16)17-2-1-9-28-12-17)22-23(32-24(19)27)18-8-3-14(13-29)10-20(18)31-25(22)30/h1-10,12,21,29H,13,27H2. The van der Waals surface area contributed by atoms with Crippen LogP contribution in [0.5, 0.6) is 5.75 Å². The molecular formula is C25H17N3O4. The molecule has 2 aromatic carbocycles. The molecule has 0 spiro atoms. The van der Waals surface area contributed by atoms with Gasteiger partial charge in [-0.3, -0.25) is 4.98 Å². The van der Waals surface area contributed by atoms with Gasteiger partial charge in [0.1, 0.15) is 17.2 Å². The van der Waals surface area contributed by atoms with Gasteiger partial charge in [-0.1, -0.05) is 36.4 Å². The smallest absolute Gasteiger partial charge is 0.344 e. The lowest BCUT2D eigenvalue weighted by Crippen LogP contribution is -2.26. The highest BCUT2D eigenvalue weighted by atomic mass is 16.5. The number of ether oxygens (including phenoxy) is 1. The maximum atomic E-state index is 13.0. The molecule has 0 saturated carbocycles. The Morgan fingerprint density at radius 3 is 2.62 bits per heavy atom. The van der Waals surface area contributed by atoms with Crippen LogP contribution in [0.3, 0.4) is 0 Å². The van der Waals surface area contributed by atoms with Crippen LogP contribution < -0.4 is 16.1 Å². The van der Waals surface area contributed by atoms with Crippen LogP contribution in [0.1, 0.15) is 22.6 Å². The molecule has 0 bridgehead atoms. The van der Waals surface area contributed by atoms with Crippen molar-refractivity contribution in [2.75, 3.05) is 0 Å². The fourth-order valence-corrected chi connectivity index (χ4v) is 3.99. The van der Waals surface area contributed by atoms with Gasteiger partial charge in [0.2, 0.25) is 5.88 Å². The number of nitrogens with zero attached hydrogens (tertiary/aromatic N) is 2. The minimum atomic E-state index is -0.732. The lowest BCUT2D eigenvalue weighted by molar-refractivity contribution is 0.282. The van der Waals surface area contributed by atoms with E-state index in [2.05, 4.69) is 11.1 Å². The van der Waals surface area contributed by atoms with Gasteiger partial charge in [-0.05, 0) is 40.5 Å². The number of nitrogens with two attached hydrogens (primary N) is 1. The molecular weight excluding hydrogens is 406 g/mol. The number of aliphatic hydroxyl groups excluding tert-OH is 1. The van der Waals surface area contributed by atoms with Crippen molar-refractivity contribution in [3.05, 3.63) is 106 Å². The number of hydrogen-bond donors (Lipinski definition) is 2. The van der Waals surface area contributed by atoms with E-state index in [9.17, 15) is 15.2 Å². The first-order chi connectivity index (χ1) is 15.6. The van der Waals surface area contributed by atoms with Crippen molar-refractivity contribution in [1.29, 1.82) is 5.26 Å². The maximum Gasteiger partial charge on any atom is 0.344 e. The lowest BCUT2D eigenvalue weighted by atomic mass is 9.83. The second-order valence-electron chi connectivity index (χ2n) is 7.41. The summed E-state index contributed by atoms with van der Waals surface area (Å²) in [7, 11) is 0. The number of pyridine rings is 1. The largest absolute Gasteiger partial charge is 0.439 e. The number of rotatable bonds is 3. The SMILES string of the molecule is N#CC1=C(N)Oc2c(c(=O)oc3cc(CO)ccc23)C1c1ccc(-c2cccnc2)cc1. The molecule has 7 heteroatoms. The number of fused-ring (bicyclic) bond motifs is 3. The minimum absolute atomic E-state index is 0.0560. The number of aliphatic hydroxyl groups is 1. The van der Waals surface area contributed by atoms with Crippen molar-refractivity contribution in [2.45, 2.75) is 12.5 Å². The molecule has 1 aliphatic rings. The molecule has 156 valence electrons. The van der Waals surface area contributed by atoms with Gasteiger partial charge >= 0.3 is 5.63 Å². The topological polar surface area (TPSA) is 122 Å². The molecule has 0 aliphatic carbocycles. The molecule has 1 aliphatic heterocycles. The summed E-state index contributed by atoms with van der Waals surface area (Å²) in [5.74, 6) is -0.525. The molecule has 0 amide bonds. The normalized spacial score (nSPS) is 15.2. The second-order valence-corrected chi connectivity index (χ2v) is 7.41. The summed E-state index contributed by atoms with van der Waals surface area (Å²) in [6, 6.07) is 18.4. The monoisotopic (exact) mass is 423 g/mol. The van der Waals surface area contributed by atoms with Crippen molar-refractivity contribution < 1.29 is 14.3 Å². The van der Waals surface area contributed by atoms with E-state index in [-0.39, 0.29) is 35.0 Å². The highest BCUT2D eigenvalue weighted by Crippen LogP contribution is 2.43. The lowest BCUT2D eigenvalue weighted by Gasteiger charge is -2.26. The first kappa shape index (κ1) is 19.5. The van der Waals surface area contributed by atoms with Gasteiger partial charge in [0.25, 0.3) is 0 Å². The summed E-state index contributed by atoms with van der Waals surface area (Å²) in [6.07, 6.45) is 3.47. The third kappa shape index (κ3) is 3.11. The van der Waals surface area contributed by atoms with Crippen molar-refractivity contribution in [1.82, 2.24) is 4.98 Å². The molecule has 0 radical (unpaired) electrons. The minimum Gasteiger partial charge on any atom is -0.439 e. The molecule has 3 heterocycles. The average Bonchev–Trinajstić information content (AvgIpc) is 2.83. The third-order valence-corrected chi connectivity index (χ3v) is 5.55. The van der Waals surface area contributed by atoms with Crippen molar-refractivity contribution >= 4 is 11.0 Å². The van der Waals surface area contributed by atoms with E-state index >= 15 is 0 Å². The number of nitriles is 1. The van der Waals surface area contributed by atoms with Gasteiger partial charge < -0.3 is 20.0 Å². The summed E-state index contributed by atoms with van der Waals surface area (Å²) in [5.41, 5.74) is 9.33. The maximum absolute atomic E-state index is 13.0. The molecule has 0 saturated heterocycles. The van der Waals surface area contributed by atoms with E-state index < -0.39 is 11.5 Å². The Morgan fingerprint density at radius 1 is 1.12 bits per heavy atom. The summed E-state index contributed by atoms with van der Waals surface area (Å²) in [6.45, 7) is -0.190. The van der Waals surface area contributed by atoms with Crippen LogP contribution in [0.4, 0.5) is 0 Å². The zero-order valence-corrected chi connectivity index (χ0v) is 16.8.